The van der Waals surface area contributed by atoms with Gasteiger partial charge in [-0.3, -0.25) is 0 Å². The second-order valence-electron chi connectivity index (χ2n) is 4.07. The lowest BCUT2D eigenvalue weighted by molar-refractivity contribution is -0.0874. The first kappa shape index (κ1) is 12.7. The van der Waals surface area contributed by atoms with E-state index in [1.54, 1.807) is 6.26 Å². The quantitative estimate of drug-likeness (QED) is 0.577. The fourth-order valence-electron chi connectivity index (χ4n) is 1.81. The predicted octanol–water partition coefficient (Wildman–Crippen LogP) is 4.21. The van der Waals surface area contributed by atoms with Crippen LogP contribution in [0, 0.1) is 0 Å². The Bertz CT molecular complexity index is 531. The molecule has 0 spiro atoms. The first-order chi connectivity index (χ1) is 8.79. The van der Waals surface area contributed by atoms with Gasteiger partial charge in [0.05, 0.1) is 6.26 Å². The molecule has 0 aromatic heterocycles. The molecule has 1 atom stereocenters. The highest BCUT2D eigenvalue weighted by atomic mass is 16.7. The molecule has 0 aliphatic heterocycles. The molecular weight excluding hydrogens is 224 g/mol. The van der Waals surface area contributed by atoms with Gasteiger partial charge in [0.25, 0.3) is 0 Å². The number of fused-ring (bicyclic) bond motifs is 1. The summed E-state index contributed by atoms with van der Waals surface area (Å²) in [7, 11) is 0. The van der Waals surface area contributed by atoms with Crippen LogP contribution in [-0.2, 0) is 9.47 Å². The monoisotopic (exact) mass is 242 g/mol. The van der Waals surface area contributed by atoms with Gasteiger partial charge in [-0.25, -0.2) is 0 Å². The molecule has 0 saturated heterocycles. The molecule has 0 radical (unpaired) electrons. The fraction of sp³-hybridized carbons (Fsp3) is 0.250. The molecule has 2 rings (SSSR count). The maximum atomic E-state index is 5.40. The van der Waals surface area contributed by atoms with Crippen molar-refractivity contribution in [3.63, 3.8) is 0 Å². The third-order valence-corrected chi connectivity index (χ3v) is 2.71. The van der Waals surface area contributed by atoms with E-state index in [-0.39, 0.29) is 6.29 Å². The molecule has 94 valence electrons. The van der Waals surface area contributed by atoms with Crippen molar-refractivity contribution in [3.05, 3.63) is 54.3 Å². The standard InChI is InChI=1S/C16H18O2/c1-3-17-13(2)18-11-10-14-8-9-15-6-4-5-7-16(15)12-14/h4-13H,3H2,1-2H3. The van der Waals surface area contributed by atoms with Crippen LogP contribution in [0.2, 0.25) is 0 Å². The predicted molar refractivity (Wildman–Crippen MR) is 75.2 cm³/mol. The van der Waals surface area contributed by atoms with Gasteiger partial charge >= 0.3 is 0 Å². The number of rotatable bonds is 5. The third-order valence-electron chi connectivity index (χ3n) is 2.71. The first-order valence-electron chi connectivity index (χ1n) is 6.22. The molecule has 0 heterocycles. The summed E-state index contributed by atoms with van der Waals surface area (Å²) in [5.41, 5.74) is 1.12. The minimum Gasteiger partial charge on any atom is -0.473 e. The molecule has 2 aromatic carbocycles. The highest BCUT2D eigenvalue weighted by Crippen LogP contribution is 2.16. The zero-order valence-corrected chi connectivity index (χ0v) is 10.8. The zero-order chi connectivity index (χ0) is 12.8. The molecule has 2 heteroatoms. The van der Waals surface area contributed by atoms with Crippen LogP contribution < -0.4 is 0 Å². The van der Waals surface area contributed by atoms with E-state index >= 15 is 0 Å². The molecule has 18 heavy (non-hydrogen) atoms. The van der Waals surface area contributed by atoms with Gasteiger partial charge in [0.15, 0.2) is 6.29 Å². The summed E-state index contributed by atoms with van der Waals surface area (Å²) in [5.74, 6) is 0. The van der Waals surface area contributed by atoms with Crippen molar-refractivity contribution >= 4 is 16.8 Å². The molecule has 0 N–H and O–H groups in total. The summed E-state index contributed by atoms with van der Waals surface area (Å²) in [5, 5.41) is 2.48. The topological polar surface area (TPSA) is 18.5 Å². The van der Waals surface area contributed by atoms with Crippen LogP contribution >= 0.6 is 0 Å². The Labute approximate surface area is 108 Å². The lowest BCUT2D eigenvalue weighted by atomic mass is 10.1. The Morgan fingerprint density at radius 2 is 1.89 bits per heavy atom. The summed E-state index contributed by atoms with van der Waals surface area (Å²) < 4.78 is 10.7. The number of hydrogen-bond acceptors (Lipinski definition) is 2. The summed E-state index contributed by atoms with van der Waals surface area (Å²) >= 11 is 0. The van der Waals surface area contributed by atoms with Crippen molar-refractivity contribution in [2.75, 3.05) is 6.61 Å². The summed E-state index contributed by atoms with van der Waals surface area (Å²) in [4.78, 5) is 0. The molecule has 0 fully saturated rings. The van der Waals surface area contributed by atoms with Gasteiger partial charge in [-0.2, -0.15) is 0 Å². The van der Waals surface area contributed by atoms with E-state index in [4.69, 9.17) is 9.47 Å². The van der Waals surface area contributed by atoms with Crippen LogP contribution in [0.3, 0.4) is 0 Å². The van der Waals surface area contributed by atoms with Gasteiger partial charge < -0.3 is 9.47 Å². The van der Waals surface area contributed by atoms with E-state index in [1.165, 1.54) is 10.8 Å². The van der Waals surface area contributed by atoms with Crippen LogP contribution in [0.25, 0.3) is 16.8 Å². The van der Waals surface area contributed by atoms with Crippen molar-refractivity contribution in [2.24, 2.45) is 0 Å². The van der Waals surface area contributed by atoms with Crippen molar-refractivity contribution in [2.45, 2.75) is 20.1 Å². The summed E-state index contributed by atoms with van der Waals surface area (Å²) in [6.07, 6.45) is 3.43. The maximum absolute atomic E-state index is 5.40. The van der Waals surface area contributed by atoms with Gasteiger partial charge in [0.2, 0.25) is 0 Å². The van der Waals surface area contributed by atoms with Gasteiger partial charge in [-0.05, 0) is 42.3 Å². The van der Waals surface area contributed by atoms with Crippen molar-refractivity contribution < 1.29 is 9.47 Å². The molecule has 0 aliphatic rings. The van der Waals surface area contributed by atoms with Gasteiger partial charge in [0.1, 0.15) is 0 Å². The summed E-state index contributed by atoms with van der Waals surface area (Å²) in [6.45, 7) is 4.49. The Kier molecular flexibility index (Phi) is 4.37. The molecular formula is C16H18O2. The highest BCUT2D eigenvalue weighted by molar-refractivity contribution is 5.84. The zero-order valence-electron chi connectivity index (χ0n) is 10.8. The number of hydrogen-bond donors (Lipinski definition) is 0. The Morgan fingerprint density at radius 1 is 1.11 bits per heavy atom. The van der Waals surface area contributed by atoms with E-state index in [1.807, 2.05) is 32.1 Å². The normalized spacial score (nSPS) is 13.0. The van der Waals surface area contributed by atoms with E-state index < -0.39 is 0 Å². The Hall–Kier alpha value is -1.80. The van der Waals surface area contributed by atoms with E-state index in [0.29, 0.717) is 6.61 Å². The smallest absolute Gasteiger partial charge is 0.196 e. The molecule has 2 nitrogen and oxygen atoms in total. The molecule has 1 unspecified atom stereocenters. The fourth-order valence-corrected chi connectivity index (χ4v) is 1.81. The minimum absolute atomic E-state index is 0.202. The van der Waals surface area contributed by atoms with E-state index in [2.05, 4.69) is 30.3 Å². The van der Waals surface area contributed by atoms with E-state index in [0.717, 1.165) is 5.56 Å². The average Bonchev–Trinajstić information content (AvgIpc) is 2.39. The first-order valence-corrected chi connectivity index (χ1v) is 6.22. The third kappa shape index (κ3) is 3.34. The lowest BCUT2D eigenvalue weighted by Crippen LogP contribution is -2.08. The van der Waals surface area contributed by atoms with Crippen molar-refractivity contribution in [1.29, 1.82) is 0 Å². The molecule has 0 saturated carbocycles. The van der Waals surface area contributed by atoms with Crippen LogP contribution in [0.5, 0.6) is 0 Å². The molecule has 0 aliphatic carbocycles. The SMILES string of the molecule is CCOC(C)OC=Cc1ccc2ccccc2c1. The second kappa shape index (κ2) is 6.22. The van der Waals surface area contributed by atoms with Crippen molar-refractivity contribution in [3.8, 4) is 0 Å². The van der Waals surface area contributed by atoms with E-state index in [9.17, 15) is 0 Å². The molecule has 0 amide bonds. The average molecular weight is 242 g/mol. The molecule has 2 aromatic rings. The van der Waals surface area contributed by atoms with Crippen LogP contribution in [0.4, 0.5) is 0 Å². The second-order valence-corrected chi connectivity index (χ2v) is 4.07. The summed E-state index contributed by atoms with van der Waals surface area (Å²) in [6, 6.07) is 14.6. The van der Waals surface area contributed by atoms with Crippen molar-refractivity contribution in [1.82, 2.24) is 0 Å². The van der Waals surface area contributed by atoms with Crippen LogP contribution in [0.15, 0.2) is 48.7 Å². The van der Waals surface area contributed by atoms with Crippen LogP contribution in [0.1, 0.15) is 19.4 Å². The molecule has 0 bridgehead atoms. The Morgan fingerprint density at radius 3 is 2.67 bits per heavy atom. The van der Waals surface area contributed by atoms with Gasteiger partial charge in [-0.1, -0.05) is 36.4 Å². The number of benzene rings is 2. The highest BCUT2D eigenvalue weighted by Gasteiger charge is 1.96. The van der Waals surface area contributed by atoms with Gasteiger partial charge in [0, 0.05) is 6.61 Å². The Balaban J connectivity index is 2.05. The lowest BCUT2D eigenvalue weighted by Gasteiger charge is -2.10. The van der Waals surface area contributed by atoms with Crippen LogP contribution in [-0.4, -0.2) is 12.9 Å². The number of ether oxygens (including phenoxy) is 2. The largest absolute Gasteiger partial charge is 0.473 e. The minimum atomic E-state index is -0.202. The maximum Gasteiger partial charge on any atom is 0.196 e. The van der Waals surface area contributed by atoms with Gasteiger partial charge in [-0.15, -0.1) is 0 Å².